The van der Waals surface area contributed by atoms with Gasteiger partial charge in [0.05, 0.1) is 11.6 Å². The number of anilines is 1. The topological polar surface area (TPSA) is 32.7 Å². The Hall–Kier alpha value is -1.64. The van der Waals surface area contributed by atoms with Crippen molar-refractivity contribution in [2.24, 2.45) is 11.0 Å². The van der Waals surface area contributed by atoms with E-state index in [0.717, 1.165) is 24.2 Å². The number of nitrogens with zero attached hydrogens (tertiary/aromatic N) is 2. The van der Waals surface area contributed by atoms with Gasteiger partial charge >= 0.3 is 0 Å². The Morgan fingerprint density at radius 1 is 0.880 bits per heavy atom. The van der Waals surface area contributed by atoms with Crippen molar-refractivity contribution in [1.82, 2.24) is 0 Å². The molecule has 0 N–H and O–H groups in total. The van der Waals surface area contributed by atoms with Crippen LogP contribution in [0.5, 0.6) is 0 Å². The first kappa shape index (κ1) is 19.7. The molecule has 1 aromatic rings. The summed E-state index contributed by atoms with van der Waals surface area (Å²) in [6.07, 6.45) is 14.2. The van der Waals surface area contributed by atoms with E-state index >= 15 is 0 Å². The molecule has 1 aliphatic heterocycles. The molecule has 3 heteroatoms. The van der Waals surface area contributed by atoms with Crippen molar-refractivity contribution in [2.75, 3.05) is 5.01 Å². The van der Waals surface area contributed by atoms with Crippen LogP contribution < -0.4 is 5.01 Å². The standard InChI is InChI=1S/C22H34N2O/c1-3-4-5-6-7-8-9-10-11-15-18-21-19(2)23-24(22(21)25)20-16-13-12-14-17-20/h12-14,16-17,21H,3-11,15,18H2,1-2H3. The molecule has 0 saturated heterocycles. The highest BCUT2D eigenvalue weighted by molar-refractivity contribution is 6.14. The van der Waals surface area contributed by atoms with Gasteiger partial charge in [-0.25, -0.2) is 5.01 Å². The summed E-state index contributed by atoms with van der Waals surface area (Å²) < 4.78 is 0. The lowest BCUT2D eigenvalue weighted by Crippen LogP contribution is -2.26. The fraction of sp³-hybridized carbons (Fsp3) is 0.636. The van der Waals surface area contributed by atoms with Crippen LogP contribution in [0.4, 0.5) is 5.69 Å². The molecule has 3 nitrogen and oxygen atoms in total. The molecule has 0 radical (unpaired) electrons. The molecule has 2 rings (SSSR count). The van der Waals surface area contributed by atoms with Crippen LogP contribution >= 0.6 is 0 Å². The summed E-state index contributed by atoms with van der Waals surface area (Å²) in [5, 5.41) is 6.07. The number of unbranched alkanes of at least 4 members (excludes halogenated alkanes) is 9. The van der Waals surface area contributed by atoms with Gasteiger partial charge < -0.3 is 0 Å². The monoisotopic (exact) mass is 342 g/mol. The first-order chi connectivity index (χ1) is 12.2. The number of amides is 1. The van der Waals surface area contributed by atoms with Crippen molar-refractivity contribution in [3.63, 3.8) is 0 Å². The molecule has 0 bridgehead atoms. The second-order valence-electron chi connectivity index (χ2n) is 7.25. The van der Waals surface area contributed by atoms with Gasteiger partial charge in [-0.1, -0.05) is 89.3 Å². The van der Waals surface area contributed by atoms with Crippen LogP contribution in [0.1, 0.15) is 84.5 Å². The minimum atomic E-state index is -0.0192. The van der Waals surface area contributed by atoms with Gasteiger partial charge in [0.25, 0.3) is 5.91 Å². The third-order valence-corrected chi connectivity index (χ3v) is 5.12. The molecule has 25 heavy (non-hydrogen) atoms. The maximum atomic E-state index is 12.6. The summed E-state index contributed by atoms with van der Waals surface area (Å²) in [6, 6.07) is 9.74. The van der Waals surface area contributed by atoms with E-state index < -0.39 is 0 Å². The lowest BCUT2D eigenvalue weighted by Gasteiger charge is -2.14. The second-order valence-corrected chi connectivity index (χ2v) is 7.25. The van der Waals surface area contributed by atoms with Crippen LogP contribution in [0, 0.1) is 5.92 Å². The van der Waals surface area contributed by atoms with Gasteiger partial charge in [-0.05, 0) is 25.5 Å². The van der Waals surface area contributed by atoms with Crippen molar-refractivity contribution < 1.29 is 4.79 Å². The summed E-state index contributed by atoms with van der Waals surface area (Å²) in [5.41, 5.74) is 1.84. The number of benzene rings is 1. The average Bonchev–Trinajstić information content (AvgIpc) is 2.92. The summed E-state index contributed by atoms with van der Waals surface area (Å²) >= 11 is 0. The Morgan fingerprint density at radius 3 is 2.04 bits per heavy atom. The van der Waals surface area contributed by atoms with Crippen molar-refractivity contribution in [3.8, 4) is 0 Å². The van der Waals surface area contributed by atoms with E-state index in [-0.39, 0.29) is 11.8 Å². The van der Waals surface area contributed by atoms with E-state index in [9.17, 15) is 4.79 Å². The Bertz CT molecular complexity index is 538. The third-order valence-electron chi connectivity index (χ3n) is 5.12. The van der Waals surface area contributed by atoms with E-state index in [0.29, 0.717) is 0 Å². The number of carbonyl (C=O) groups excluding carboxylic acids is 1. The maximum absolute atomic E-state index is 12.6. The molecule has 1 aromatic carbocycles. The molecule has 0 fully saturated rings. The molecule has 1 amide bonds. The average molecular weight is 343 g/mol. The van der Waals surface area contributed by atoms with E-state index in [1.165, 1.54) is 57.8 Å². The van der Waals surface area contributed by atoms with E-state index in [1.807, 2.05) is 37.3 Å². The largest absolute Gasteiger partial charge is 0.272 e. The van der Waals surface area contributed by atoms with Crippen LogP contribution in [0.3, 0.4) is 0 Å². The lowest BCUT2D eigenvalue weighted by atomic mass is 9.96. The Kier molecular flexibility index (Phi) is 8.71. The van der Waals surface area contributed by atoms with E-state index in [2.05, 4.69) is 12.0 Å². The van der Waals surface area contributed by atoms with E-state index in [1.54, 1.807) is 5.01 Å². The van der Waals surface area contributed by atoms with Gasteiger partial charge in [0.15, 0.2) is 0 Å². The summed E-state index contributed by atoms with van der Waals surface area (Å²) in [7, 11) is 0. The molecule has 0 saturated carbocycles. The zero-order valence-electron chi connectivity index (χ0n) is 16.0. The Labute approximate surface area is 153 Å². The molecule has 1 aliphatic rings. The molecule has 1 unspecified atom stereocenters. The Balaban J connectivity index is 1.60. The molecular weight excluding hydrogens is 308 g/mol. The predicted molar refractivity (Wildman–Crippen MR) is 107 cm³/mol. The molecule has 1 atom stereocenters. The SMILES string of the molecule is CCCCCCCCCCCCC1C(=O)N(c2ccccc2)N=C1C. The fourth-order valence-corrected chi connectivity index (χ4v) is 3.53. The molecule has 0 aliphatic carbocycles. The molecule has 0 aromatic heterocycles. The first-order valence-electron chi connectivity index (χ1n) is 10.2. The smallest absolute Gasteiger partial charge is 0.256 e. The highest BCUT2D eigenvalue weighted by Gasteiger charge is 2.33. The summed E-state index contributed by atoms with van der Waals surface area (Å²) in [6.45, 7) is 4.25. The van der Waals surface area contributed by atoms with Crippen molar-refractivity contribution in [1.29, 1.82) is 0 Å². The van der Waals surface area contributed by atoms with Crippen LogP contribution in [0.2, 0.25) is 0 Å². The fourth-order valence-electron chi connectivity index (χ4n) is 3.53. The maximum Gasteiger partial charge on any atom is 0.256 e. The van der Waals surface area contributed by atoms with Crippen LogP contribution in [0.15, 0.2) is 35.4 Å². The minimum Gasteiger partial charge on any atom is -0.272 e. The Morgan fingerprint density at radius 2 is 1.44 bits per heavy atom. The highest BCUT2D eigenvalue weighted by atomic mass is 16.2. The first-order valence-corrected chi connectivity index (χ1v) is 10.2. The number of para-hydroxylation sites is 1. The van der Waals surface area contributed by atoms with Gasteiger partial charge in [-0.3, -0.25) is 4.79 Å². The highest BCUT2D eigenvalue weighted by Crippen LogP contribution is 2.27. The number of rotatable bonds is 12. The molecule has 138 valence electrons. The van der Waals surface area contributed by atoms with Crippen LogP contribution in [0.25, 0.3) is 0 Å². The molecular formula is C22H34N2O. The summed E-state index contributed by atoms with van der Waals surface area (Å²) in [4.78, 5) is 12.6. The molecule has 1 heterocycles. The molecule has 0 spiro atoms. The van der Waals surface area contributed by atoms with Crippen LogP contribution in [-0.2, 0) is 4.79 Å². The minimum absolute atomic E-state index is 0.0192. The van der Waals surface area contributed by atoms with Gasteiger partial charge in [-0.2, -0.15) is 5.10 Å². The number of hydrogen-bond donors (Lipinski definition) is 0. The van der Waals surface area contributed by atoms with Gasteiger partial charge in [0.2, 0.25) is 0 Å². The number of hydrogen-bond acceptors (Lipinski definition) is 2. The normalized spacial score (nSPS) is 17.2. The second kappa shape index (κ2) is 11.1. The van der Waals surface area contributed by atoms with Gasteiger partial charge in [0.1, 0.15) is 0 Å². The third kappa shape index (κ3) is 6.30. The zero-order chi connectivity index (χ0) is 17.9. The van der Waals surface area contributed by atoms with Gasteiger partial charge in [0, 0.05) is 5.71 Å². The van der Waals surface area contributed by atoms with Crippen LogP contribution in [-0.4, -0.2) is 11.6 Å². The summed E-state index contributed by atoms with van der Waals surface area (Å²) in [5.74, 6) is 0.119. The van der Waals surface area contributed by atoms with Gasteiger partial charge in [-0.15, -0.1) is 0 Å². The van der Waals surface area contributed by atoms with Crippen molar-refractivity contribution in [2.45, 2.75) is 84.5 Å². The zero-order valence-corrected chi connectivity index (χ0v) is 16.0. The van der Waals surface area contributed by atoms with Crippen molar-refractivity contribution >= 4 is 17.3 Å². The van der Waals surface area contributed by atoms with E-state index in [4.69, 9.17) is 0 Å². The number of hydrazone groups is 1. The quantitative estimate of drug-likeness (QED) is 0.408. The lowest BCUT2D eigenvalue weighted by molar-refractivity contribution is -0.119. The number of carbonyl (C=O) groups is 1. The predicted octanol–water partition coefficient (Wildman–Crippen LogP) is 6.34. The van der Waals surface area contributed by atoms with Crippen molar-refractivity contribution in [3.05, 3.63) is 30.3 Å².